The van der Waals surface area contributed by atoms with Crippen LogP contribution in [-0.4, -0.2) is 41.2 Å². The first kappa shape index (κ1) is 21.0. The molecule has 1 amide bonds. The monoisotopic (exact) mass is 409 g/mol. The Morgan fingerprint density at radius 3 is 2.73 bits per heavy atom. The predicted octanol–water partition coefficient (Wildman–Crippen LogP) is 1.75. The number of carbonyl (C=O) groups excluding carboxylic acids is 2. The molecule has 1 N–H and O–H groups in total. The van der Waals surface area contributed by atoms with Crippen LogP contribution in [-0.2, 0) is 20.9 Å². The fourth-order valence-electron chi connectivity index (χ4n) is 2.91. The van der Waals surface area contributed by atoms with Gasteiger partial charge in [-0.25, -0.2) is 4.98 Å². The standard InChI is InChI=1S/C22H23N3O5/c1-15-7-8-19(16(2)11-15)29-10-9-23-20(26)13-30-21(27)12-25-14-24-18-6-4-3-5-17(18)22(25)28/h3-8,11,14H,9-10,12-13H2,1-2H3,(H,23,26). The molecular weight excluding hydrogens is 386 g/mol. The lowest BCUT2D eigenvalue weighted by molar-refractivity contribution is -0.149. The molecule has 0 spiro atoms. The van der Waals surface area contributed by atoms with E-state index in [4.69, 9.17) is 9.47 Å². The smallest absolute Gasteiger partial charge is 0.326 e. The number of ether oxygens (including phenoxy) is 2. The SMILES string of the molecule is Cc1ccc(OCCNC(=O)COC(=O)Cn2cnc3ccccc3c2=O)c(C)c1. The molecule has 0 radical (unpaired) electrons. The second-order valence-electron chi connectivity index (χ2n) is 6.82. The molecule has 2 aromatic carbocycles. The summed E-state index contributed by atoms with van der Waals surface area (Å²) in [5, 5.41) is 3.03. The zero-order valence-corrected chi connectivity index (χ0v) is 16.9. The van der Waals surface area contributed by atoms with Crippen LogP contribution in [0.3, 0.4) is 0 Å². The molecule has 0 fully saturated rings. The molecule has 8 heteroatoms. The number of aromatic nitrogens is 2. The number of aryl methyl sites for hydroxylation is 2. The van der Waals surface area contributed by atoms with Crippen LogP contribution in [0.1, 0.15) is 11.1 Å². The van der Waals surface area contributed by atoms with Gasteiger partial charge in [0.25, 0.3) is 11.5 Å². The van der Waals surface area contributed by atoms with Crippen molar-refractivity contribution in [2.45, 2.75) is 20.4 Å². The molecule has 0 saturated heterocycles. The van der Waals surface area contributed by atoms with Crippen molar-refractivity contribution in [2.75, 3.05) is 19.8 Å². The highest BCUT2D eigenvalue weighted by Crippen LogP contribution is 2.18. The number of esters is 1. The first-order valence-corrected chi connectivity index (χ1v) is 9.50. The van der Waals surface area contributed by atoms with Crippen molar-refractivity contribution >= 4 is 22.8 Å². The Kier molecular flexibility index (Phi) is 6.79. The lowest BCUT2D eigenvalue weighted by Crippen LogP contribution is -2.33. The van der Waals surface area contributed by atoms with Crippen molar-refractivity contribution in [1.82, 2.24) is 14.9 Å². The molecule has 0 aliphatic carbocycles. The van der Waals surface area contributed by atoms with Crippen LogP contribution in [0.4, 0.5) is 0 Å². The third-order valence-electron chi connectivity index (χ3n) is 4.41. The molecule has 3 rings (SSSR count). The quantitative estimate of drug-likeness (QED) is 0.450. The topological polar surface area (TPSA) is 99.5 Å². The number of fused-ring (bicyclic) bond motifs is 1. The Morgan fingerprint density at radius 2 is 1.93 bits per heavy atom. The van der Waals surface area contributed by atoms with Gasteiger partial charge < -0.3 is 14.8 Å². The number of amides is 1. The summed E-state index contributed by atoms with van der Waals surface area (Å²) in [6.45, 7) is 3.78. The van der Waals surface area contributed by atoms with Crippen LogP contribution in [0.2, 0.25) is 0 Å². The normalized spacial score (nSPS) is 10.6. The van der Waals surface area contributed by atoms with Gasteiger partial charge in [0.05, 0.1) is 23.8 Å². The zero-order chi connectivity index (χ0) is 21.5. The summed E-state index contributed by atoms with van der Waals surface area (Å²) < 4.78 is 11.7. The molecule has 3 aromatic rings. The van der Waals surface area contributed by atoms with Gasteiger partial charge in [0, 0.05) is 0 Å². The first-order chi connectivity index (χ1) is 14.4. The van der Waals surface area contributed by atoms with E-state index < -0.39 is 18.5 Å². The molecule has 0 bridgehead atoms. The Labute approximate surface area is 173 Å². The number of carbonyl (C=O) groups is 2. The number of para-hydroxylation sites is 1. The number of nitrogens with one attached hydrogen (secondary N) is 1. The molecule has 156 valence electrons. The second-order valence-corrected chi connectivity index (χ2v) is 6.82. The summed E-state index contributed by atoms with van der Waals surface area (Å²) in [4.78, 5) is 40.3. The van der Waals surface area contributed by atoms with E-state index >= 15 is 0 Å². The van der Waals surface area contributed by atoms with Crippen molar-refractivity contribution in [3.05, 3.63) is 70.3 Å². The van der Waals surface area contributed by atoms with E-state index in [-0.39, 0.29) is 18.6 Å². The summed E-state index contributed by atoms with van der Waals surface area (Å²) in [6, 6.07) is 12.7. The van der Waals surface area contributed by atoms with E-state index in [1.54, 1.807) is 24.3 Å². The molecule has 0 aliphatic rings. The van der Waals surface area contributed by atoms with Gasteiger partial charge in [-0.3, -0.25) is 19.0 Å². The Morgan fingerprint density at radius 1 is 1.13 bits per heavy atom. The molecule has 0 unspecified atom stereocenters. The van der Waals surface area contributed by atoms with Gasteiger partial charge in [-0.05, 0) is 37.6 Å². The van der Waals surface area contributed by atoms with Crippen molar-refractivity contribution in [3.63, 3.8) is 0 Å². The van der Waals surface area contributed by atoms with Crippen LogP contribution in [0.25, 0.3) is 10.9 Å². The van der Waals surface area contributed by atoms with Crippen LogP contribution in [0.5, 0.6) is 5.75 Å². The summed E-state index contributed by atoms with van der Waals surface area (Å²) >= 11 is 0. The molecule has 0 saturated carbocycles. The summed E-state index contributed by atoms with van der Waals surface area (Å²) in [6.07, 6.45) is 1.29. The van der Waals surface area contributed by atoms with Crippen molar-refractivity contribution < 1.29 is 19.1 Å². The summed E-state index contributed by atoms with van der Waals surface area (Å²) in [7, 11) is 0. The Balaban J connectivity index is 1.41. The van der Waals surface area contributed by atoms with Gasteiger partial charge in [0.15, 0.2) is 6.61 Å². The third kappa shape index (κ3) is 5.44. The first-order valence-electron chi connectivity index (χ1n) is 9.50. The van der Waals surface area contributed by atoms with E-state index in [1.807, 2.05) is 32.0 Å². The minimum absolute atomic E-state index is 0.276. The lowest BCUT2D eigenvalue weighted by atomic mass is 10.1. The van der Waals surface area contributed by atoms with E-state index in [1.165, 1.54) is 6.33 Å². The molecule has 1 heterocycles. The molecule has 30 heavy (non-hydrogen) atoms. The van der Waals surface area contributed by atoms with E-state index in [0.717, 1.165) is 21.4 Å². The average molecular weight is 409 g/mol. The van der Waals surface area contributed by atoms with Crippen LogP contribution in [0, 0.1) is 13.8 Å². The maximum atomic E-state index is 12.4. The van der Waals surface area contributed by atoms with Gasteiger partial charge in [-0.2, -0.15) is 0 Å². The number of benzene rings is 2. The highest BCUT2D eigenvalue weighted by Gasteiger charge is 2.11. The Bertz CT molecular complexity index is 1120. The third-order valence-corrected chi connectivity index (χ3v) is 4.41. The number of hydrogen-bond donors (Lipinski definition) is 1. The fraction of sp³-hybridized carbons (Fsp3) is 0.273. The number of hydrogen-bond acceptors (Lipinski definition) is 6. The molecule has 1 aromatic heterocycles. The second kappa shape index (κ2) is 9.69. The molecule has 0 atom stereocenters. The predicted molar refractivity (Wildman–Crippen MR) is 111 cm³/mol. The zero-order valence-electron chi connectivity index (χ0n) is 16.9. The lowest BCUT2D eigenvalue weighted by Gasteiger charge is -2.11. The van der Waals surface area contributed by atoms with Crippen LogP contribution >= 0.6 is 0 Å². The van der Waals surface area contributed by atoms with Crippen molar-refractivity contribution in [3.8, 4) is 5.75 Å². The summed E-state index contributed by atoms with van der Waals surface area (Å²) in [5.41, 5.74) is 2.38. The van der Waals surface area contributed by atoms with Gasteiger partial charge in [0.1, 0.15) is 18.9 Å². The van der Waals surface area contributed by atoms with Crippen molar-refractivity contribution in [2.24, 2.45) is 0 Å². The van der Waals surface area contributed by atoms with Crippen LogP contribution in [0.15, 0.2) is 53.6 Å². The Hall–Kier alpha value is -3.68. The maximum absolute atomic E-state index is 12.4. The highest BCUT2D eigenvalue weighted by molar-refractivity contribution is 5.81. The van der Waals surface area contributed by atoms with Crippen LogP contribution < -0.4 is 15.6 Å². The largest absolute Gasteiger partial charge is 0.491 e. The van der Waals surface area contributed by atoms with Gasteiger partial charge in [-0.1, -0.05) is 29.8 Å². The van der Waals surface area contributed by atoms with E-state index in [0.29, 0.717) is 17.5 Å². The van der Waals surface area contributed by atoms with E-state index in [9.17, 15) is 14.4 Å². The fourth-order valence-corrected chi connectivity index (χ4v) is 2.91. The number of rotatable bonds is 8. The van der Waals surface area contributed by atoms with Gasteiger partial charge in [0.2, 0.25) is 0 Å². The maximum Gasteiger partial charge on any atom is 0.326 e. The van der Waals surface area contributed by atoms with Gasteiger partial charge >= 0.3 is 5.97 Å². The highest BCUT2D eigenvalue weighted by atomic mass is 16.5. The number of nitrogens with zero attached hydrogens (tertiary/aromatic N) is 2. The van der Waals surface area contributed by atoms with Gasteiger partial charge in [-0.15, -0.1) is 0 Å². The minimum atomic E-state index is -0.698. The van der Waals surface area contributed by atoms with E-state index in [2.05, 4.69) is 10.3 Å². The average Bonchev–Trinajstić information content (AvgIpc) is 2.73. The molecule has 8 nitrogen and oxygen atoms in total. The summed E-state index contributed by atoms with van der Waals surface area (Å²) in [5.74, 6) is -0.386. The van der Waals surface area contributed by atoms with Crippen molar-refractivity contribution in [1.29, 1.82) is 0 Å². The molecular formula is C22H23N3O5. The molecule has 0 aliphatic heterocycles. The minimum Gasteiger partial charge on any atom is -0.491 e.